The first-order chi connectivity index (χ1) is 8.56. The molecule has 0 atom stereocenters. The zero-order valence-corrected chi connectivity index (χ0v) is 13.1. The van der Waals surface area contributed by atoms with Gasteiger partial charge in [-0.3, -0.25) is 0 Å². The number of likely N-dealkylation sites (tertiary alicyclic amines) is 1. The predicted molar refractivity (Wildman–Crippen MR) is 82.2 cm³/mol. The van der Waals surface area contributed by atoms with Gasteiger partial charge in [0.15, 0.2) is 0 Å². The van der Waals surface area contributed by atoms with E-state index in [9.17, 15) is 0 Å². The third kappa shape index (κ3) is 3.48. The van der Waals surface area contributed by atoms with Gasteiger partial charge in [0, 0.05) is 35.3 Å². The SMILES string of the molecule is Cc1cc(NC2CCN(C(C)C)CC2)ccc1Br. The van der Waals surface area contributed by atoms with E-state index in [2.05, 4.69) is 65.1 Å². The number of benzene rings is 1. The van der Waals surface area contributed by atoms with Crippen molar-refractivity contribution in [1.82, 2.24) is 4.90 Å². The molecule has 0 saturated carbocycles. The van der Waals surface area contributed by atoms with E-state index in [4.69, 9.17) is 0 Å². The van der Waals surface area contributed by atoms with Gasteiger partial charge in [-0.2, -0.15) is 0 Å². The van der Waals surface area contributed by atoms with E-state index in [-0.39, 0.29) is 0 Å². The Hall–Kier alpha value is -0.540. The van der Waals surface area contributed by atoms with Gasteiger partial charge in [-0.05, 0) is 57.4 Å². The molecule has 0 aliphatic carbocycles. The molecule has 3 heteroatoms. The first-order valence-corrected chi connectivity index (χ1v) is 7.62. The second-order valence-electron chi connectivity index (χ2n) is 5.51. The number of anilines is 1. The fraction of sp³-hybridized carbons (Fsp3) is 0.600. The van der Waals surface area contributed by atoms with Gasteiger partial charge in [-0.1, -0.05) is 15.9 Å². The Morgan fingerprint density at radius 2 is 1.94 bits per heavy atom. The van der Waals surface area contributed by atoms with Gasteiger partial charge in [0.25, 0.3) is 0 Å². The second-order valence-corrected chi connectivity index (χ2v) is 6.37. The summed E-state index contributed by atoms with van der Waals surface area (Å²) in [5, 5.41) is 3.66. The summed E-state index contributed by atoms with van der Waals surface area (Å²) in [6.45, 7) is 9.13. The maximum Gasteiger partial charge on any atom is 0.0345 e. The Morgan fingerprint density at radius 3 is 2.50 bits per heavy atom. The van der Waals surface area contributed by atoms with Crippen molar-refractivity contribution in [3.8, 4) is 0 Å². The third-order valence-electron chi connectivity index (χ3n) is 3.79. The Labute approximate surface area is 119 Å². The van der Waals surface area contributed by atoms with E-state index >= 15 is 0 Å². The highest BCUT2D eigenvalue weighted by atomic mass is 79.9. The van der Waals surface area contributed by atoms with Crippen LogP contribution in [0.15, 0.2) is 22.7 Å². The van der Waals surface area contributed by atoms with Gasteiger partial charge in [-0.25, -0.2) is 0 Å². The molecule has 0 unspecified atom stereocenters. The molecule has 1 fully saturated rings. The number of piperidine rings is 1. The predicted octanol–water partition coefficient (Wildman–Crippen LogP) is 4.04. The van der Waals surface area contributed by atoms with Gasteiger partial charge < -0.3 is 10.2 Å². The highest BCUT2D eigenvalue weighted by Gasteiger charge is 2.20. The van der Waals surface area contributed by atoms with Crippen LogP contribution in [0.5, 0.6) is 0 Å². The molecule has 100 valence electrons. The van der Waals surface area contributed by atoms with Gasteiger partial charge in [-0.15, -0.1) is 0 Å². The molecule has 1 aliphatic heterocycles. The first kappa shape index (κ1) is 13.9. The maximum atomic E-state index is 3.66. The van der Waals surface area contributed by atoms with Crippen LogP contribution in [0.1, 0.15) is 32.3 Å². The molecule has 1 aliphatic rings. The lowest BCUT2D eigenvalue weighted by molar-refractivity contribution is 0.177. The Kier molecular flexibility index (Phi) is 4.68. The van der Waals surface area contributed by atoms with Crippen LogP contribution in [0.4, 0.5) is 5.69 Å². The smallest absolute Gasteiger partial charge is 0.0345 e. The largest absolute Gasteiger partial charge is 0.382 e. The highest BCUT2D eigenvalue weighted by molar-refractivity contribution is 9.10. The molecule has 0 radical (unpaired) electrons. The van der Waals surface area contributed by atoms with Crippen molar-refractivity contribution in [2.45, 2.75) is 45.7 Å². The number of nitrogens with zero attached hydrogens (tertiary/aromatic N) is 1. The lowest BCUT2D eigenvalue weighted by Gasteiger charge is -2.35. The second kappa shape index (κ2) is 6.07. The van der Waals surface area contributed by atoms with E-state index in [0.29, 0.717) is 12.1 Å². The molecule has 0 spiro atoms. The molecule has 2 rings (SSSR count). The van der Waals surface area contributed by atoms with Crippen LogP contribution < -0.4 is 5.32 Å². The molecule has 1 aromatic rings. The molecule has 0 aromatic heterocycles. The summed E-state index contributed by atoms with van der Waals surface area (Å²) in [7, 11) is 0. The first-order valence-electron chi connectivity index (χ1n) is 6.83. The number of aryl methyl sites for hydroxylation is 1. The van der Waals surface area contributed by atoms with E-state index in [1.165, 1.54) is 41.7 Å². The summed E-state index contributed by atoms with van der Waals surface area (Å²) >= 11 is 3.54. The van der Waals surface area contributed by atoms with Crippen LogP contribution in [-0.2, 0) is 0 Å². The van der Waals surface area contributed by atoms with Crippen molar-refractivity contribution in [3.05, 3.63) is 28.2 Å². The number of halogens is 1. The Morgan fingerprint density at radius 1 is 1.28 bits per heavy atom. The summed E-state index contributed by atoms with van der Waals surface area (Å²) in [6.07, 6.45) is 2.49. The van der Waals surface area contributed by atoms with Crippen LogP contribution in [-0.4, -0.2) is 30.1 Å². The van der Waals surface area contributed by atoms with Crippen LogP contribution in [0, 0.1) is 6.92 Å². The van der Waals surface area contributed by atoms with Crippen molar-refractivity contribution in [3.63, 3.8) is 0 Å². The van der Waals surface area contributed by atoms with Gasteiger partial charge in [0.05, 0.1) is 0 Å². The van der Waals surface area contributed by atoms with Crippen LogP contribution in [0.25, 0.3) is 0 Å². The molecule has 1 aromatic carbocycles. The summed E-state index contributed by atoms with van der Waals surface area (Å²) in [5.74, 6) is 0. The highest BCUT2D eigenvalue weighted by Crippen LogP contribution is 2.22. The minimum absolute atomic E-state index is 0.626. The summed E-state index contributed by atoms with van der Waals surface area (Å²) < 4.78 is 1.18. The molecule has 1 saturated heterocycles. The quantitative estimate of drug-likeness (QED) is 0.906. The number of rotatable bonds is 3. The topological polar surface area (TPSA) is 15.3 Å². The van der Waals surface area contributed by atoms with Crippen LogP contribution >= 0.6 is 15.9 Å². The maximum absolute atomic E-state index is 3.66. The molecular formula is C15H23BrN2. The van der Waals surface area contributed by atoms with Crippen molar-refractivity contribution in [2.75, 3.05) is 18.4 Å². The molecule has 18 heavy (non-hydrogen) atoms. The standard InChI is InChI=1S/C15H23BrN2/c1-11(2)18-8-6-13(7-9-18)17-14-4-5-15(16)12(3)10-14/h4-5,10-11,13,17H,6-9H2,1-3H3. The third-order valence-corrected chi connectivity index (χ3v) is 4.68. The van der Waals surface area contributed by atoms with Crippen molar-refractivity contribution in [1.29, 1.82) is 0 Å². The lowest BCUT2D eigenvalue weighted by Crippen LogP contribution is -2.42. The molecule has 0 bridgehead atoms. The Balaban J connectivity index is 1.89. The van der Waals surface area contributed by atoms with E-state index in [0.717, 1.165) is 0 Å². The number of nitrogens with one attached hydrogen (secondary N) is 1. The zero-order chi connectivity index (χ0) is 13.1. The fourth-order valence-corrected chi connectivity index (χ4v) is 2.78. The summed E-state index contributed by atoms with van der Waals surface area (Å²) in [4.78, 5) is 2.56. The molecule has 2 nitrogen and oxygen atoms in total. The van der Waals surface area contributed by atoms with Gasteiger partial charge >= 0.3 is 0 Å². The molecule has 0 amide bonds. The van der Waals surface area contributed by atoms with Crippen LogP contribution in [0.2, 0.25) is 0 Å². The summed E-state index contributed by atoms with van der Waals surface area (Å²) in [6, 6.07) is 7.81. The Bertz CT molecular complexity index is 395. The van der Waals surface area contributed by atoms with E-state index in [1.807, 2.05) is 0 Å². The normalized spacial score (nSPS) is 18.3. The van der Waals surface area contributed by atoms with Gasteiger partial charge in [0.2, 0.25) is 0 Å². The minimum atomic E-state index is 0.626. The van der Waals surface area contributed by atoms with Crippen molar-refractivity contribution in [2.24, 2.45) is 0 Å². The molecule has 1 heterocycles. The molecule has 1 N–H and O–H groups in total. The molecular weight excluding hydrogens is 288 g/mol. The van der Waals surface area contributed by atoms with Gasteiger partial charge in [0.1, 0.15) is 0 Å². The van der Waals surface area contributed by atoms with Crippen LogP contribution in [0.3, 0.4) is 0 Å². The zero-order valence-electron chi connectivity index (χ0n) is 11.5. The van der Waals surface area contributed by atoms with Crippen molar-refractivity contribution < 1.29 is 0 Å². The average molecular weight is 311 g/mol. The number of hydrogen-bond donors (Lipinski definition) is 1. The monoisotopic (exact) mass is 310 g/mol. The lowest BCUT2D eigenvalue weighted by atomic mass is 10.0. The van der Waals surface area contributed by atoms with E-state index in [1.54, 1.807) is 0 Å². The van der Waals surface area contributed by atoms with Crippen molar-refractivity contribution >= 4 is 21.6 Å². The average Bonchev–Trinajstić information content (AvgIpc) is 2.34. The number of hydrogen-bond acceptors (Lipinski definition) is 2. The van der Waals surface area contributed by atoms with E-state index < -0.39 is 0 Å². The fourth-order valence-electron chi connectivity index (χ4n) is 2.53. The minimum Gasteiger partial charge on any atom is -0.382 e. The summed E-state index contributed by atoms with van der Waals surface area (Å²) in [5.41, 5.74) is 2.54.